The highest BCUT2D eigenvalue weighted by molar-refractivity contribution is 5.92. The number of anilines is 1. The molecule has 1 fully saturated rings. The highest BCUT2D eigenvalue weighted by Gasteiger charge is 2.25. The summed E-state index contributed by atoms with van der Waals surface area (Å²) in [6.45, 7) is 4.73. The Morgan fingerprint density at radius 1 is 1.34 bits per heavy atom. The fourth-order valence-corrected chi connectivity index (χ4v) is 3.77. The summed E-state index contributed by atoms with van der Waals surface area (Å²) in [4.78, 5) is 35.7. The molecular weight excluding hydrogens is 370 g/mol. The van der Waals surface area contributed by atoms with Crippen molar-refractivity contribution < 1.29 is 9.90 Å². The van der Waals surface area contributed by atoms with Crippen LogP contribution in [0.2, 0.25) is 0 Å². The highest BCUT2D eigenvalue weighted by Crippen LogP contribution is 2.21. The number of aromatic carboxylic acids is 1. The molecule has 1 saturated heterocycles. The van der Waals surface area contributed by atoms with Crippen LogP contribution >= 0.6 is 0 Å². The second-order valence-electron chi connectivity index (χ2n) is 7.13. The lowest BCUT2D eigenvalue weighted by molar-refractivity contribution is 0.0695. The molecule has 150 valence electrons. The number of rotatable bonds is 6. The fraction of sp³-hybridized carbons (Fsp3) is 0.333. The predicted octanol–water partition coefficient (Wildman–Crippen LogP) is 2.06. The third kappa shape index (κ3) is 3.58. The van der Waals surface area contributed by atoms with E-state index in [0.717, 1.165) is 38.2 Å². The molecule has 2 aromatic heterocycles. The molecule has 29 heavy (non-hydrogen) atoms. The average Bonchev–Trinajstić information content (AvgIpc) is 3.27. The van der Waals surface area contributed by atoms with Gasteiger partial charge in [0.25, 0.3) is 0 Å². The van der Waals surface area contributed by atoms with Crippen LogP contribution in [0.1, 0.15) is 30.1 Å². The van der Waals surface area contributed by atoms with Gasteiger partial charge in [-0.1, -0.05) is 25.1 Å². The number of benzene rings is 1. The molecule has 3 aromatic rings. The first-order chi connectivity index (χ1) is 14.1. The van der Waals surface area contributed by atoms with Gasteiger partial charge in [0, 0.05) is 37.2 Å². The number of fused-ring (bicyclic) bond motifs is 1. The Labute approximate surface area is 167 Å². The van der Waals surface area contributed by atoms with Gasteiger partial charge in [0.05, 0.1) is 5.39 Å². The molecule has 0 spiro atoms. The Kier molecular flexibility index (Phi) is 5.26. The van der Waals surface area contributed by atoms with Crippen LogP contribution in [-0.2, 0) is 0 Å². The molecule has 1 aromatic carbocycles. The molecule has 3 heterocycles. The predicted molar refractivity (Wildman–Crippen MR) is 111 cm³/mol. The number of aromatic nitrogens is 3. The number of carbonyl (C=O) groups is 1. The molecule has 1 atom stereocenters. The lowest BCUT2D eigenvalue weighted by atomic mass is 10.2. The molecule has 0 amide bonds. The Hall–Kier alpha value is -3.26. The van der Waals surface area contributed by atoms with Crippen molar-refractivity contribution >= 4 is 23.0 Å². The molecule has 2 N–H and O–H groups in total. The Bertz CT molecular complexity index is 1090. The summed E-state index contributed by atoms with van der Waals surface area (Å²) in [5.74, 6) is -0.712. The molecule has 0 bridgehead atoms. The van der Waals surface area contributed by atoms with Gasteiger partial charge < -0.3 is 19.9 Å². The smallest absolute Gasteiger partial charge is 0.341 e. The normalized spacial score (nSPS) is 16.2. The second kappa shape index (κ2) is 8.00. The van der Waals surface area contributed by atoms with E-state index < -0.39 is 11.4 Å². The van der Waals surface area contributed by atoms with Gasteiger partial charge in [-0.3, -0.25) is 4.79 Å². The summed E-state index contributed by atoms with van der Waals surface area (Å²) in [5.41, 5.74) is 0.261. The third-order valence-electron chi connectivity index (χ3n) is 5.19. The topological polar surface area (TPSA) is 100 Å². The van der Waals surface area contributed by atoms with Gasteiger partial charge in [-0.15, -0.1) is 0 Å². The lowest BCUT2D eigenvalue weighted by Crippen LogP contribution is -2.39. The minimum atomic E-state index is -1.27. The maximum absolute atomic E-state index is 12.7. The standard InChI is InChI=1S/C21H23N5O3/c1-2-10-25(15-8-9-22-11-15)21-23-12-16-18(27)17(20(28)29)13-26(19(16)24-21)14-6-4-3-5-7-14/h3-7,12-13,15,22H,2,8-11H2,1H3,(H,28,29). The van der Waals surface area contributed by atoms with Crippen LogP contribution < -0.4 is 15.6 Å². The highest BCUT2D eigenvalue weighted by atomic mass is 16.4. The largest absolute Gasteiger partial charge is 0.477 e. The molecule has 0 saturated carbocycles. The van der Waals surface area contributed by atoms with Crippen molar-refractivity contribution in [2.75, 3.05) is 24.5 Å². The van der Waals surface area contributed by atoms with E-state index in [-0.39, 0.29) is 10.9 Å². The average molecular weight is 393 g/mol. The first-order valence-electron chi connectivity index (χ1n) is 9.78. The lowest BCUT2D eigenvalue weighted by Gasteiger charge is -2.28. The van der Waals surface area contributed by atoms with E-state index in [0.29, 0.717) is 17.6 Å². The number of hydrogen-bond acceptors (Lipinski definition) is 6. The summed E-state index contributed by atoms with van der Waals surface area (Å²) in [7, 11) is 0. The minimum absolute atomic E-state index is 0.193. The molecule has 8 nitrogen and oxygen atoms in total. The number of nitrogens with zero attached hydrogens (tertiary/aromatic N) is 4. The van der Waals surface area contributed by atoms with Crippen molar-refractivity contribution in [1.29, 1.82) is 0 Å². The number of pyridine rings is 1. The third-order valence-corrected chi connectivity index (χ3v) is 5.19. The Balaban J connectivity index is 1.94. The zero-order chi connectivity index (χ0) is 20.4. The van der Waals surface area contributed by atoms with Crippen LogP contribution in [0.5, 0.6) is 0 Å². The summed E-state index contributed by atoms with van der Waals surface area (Å²) in [5, 5.41) is 13.0. The Morgan fingerprint density at radius 2 is 2.14 bits per heavy atom. The van der Waals surface area contributed by atoms with Gasteiger partial charge in [-0.05, 0) is 31.5 Å². The first kappa shape index (κ1) is 19.1. The van der Waals surface area contributed by atoms with Crippen LogP contribution in [0.4, 0.5) is 5.95 Å². The van der Waals surface area contributed by atoms with E-state index >= 15 is 0 Å². The van der Waals surface area contributed by atoms with Crippen LogP contribution in [0, 0.1) is 0 Å². The van der Waals surface area contributed by atoms with E-state index in [1.165, 1.54) is 12.4 Å². The summed E-state index contributed by atoms with van der Waals surface area (Å²) < 4.78 is 1.66. The SMILES string of the molecule is CCCN(c1ncc2c(=O)c(C(=O)O)cn(-c3ccccc3)c2n1)C1CCNC1. The van der Waals surface area contributed by atoms with Crippen molar-refractivity contribution in [3.63, 3.8) is 0 Å². The molecule has 0 radical (unpaired) electrons. The van der Waals surface area contributed by atoms with E-state index in [4.69, 9.17) is 4.98 Å². The van der Waals surface area contributed by atoms with Gasteiger partial charge in [0.15, 0.2) is 5.65 Å². The molecule has 1 unspecified atom stereocenters. The van der Waals surface area contributed by atoms with Crippen LogP contribution in [0.25, 0.3) is 16.7 Å². The molecule has 1 aliphatic heterocycles. The Morgan fingerprint density at radius 3 is 2.79 bits per heavy atom. The number of carboxylic acids is 1. The summed E-state index contributed by atoms with van der Waals surface area (Å²) >= 11 is 0. The van der Waals surface area contributed by atoms with Crippen LogP contribution in [-0.4, -0.2) is 51.3 Å². The van der Waals surface area contributed by atoms with Crippen molar-refractivity contribution in [3.8, 4) is 5.69 Å². The quantitative estimate of drug-likeness (QED) is 0.661. The van der Waals surface area contributed by atoms with Gasteiger partial charge >= 0.3 is 5.97 Å². The summed E-state index contributed by atoms with van der Waals surface area (Å²) in [6.07, 6.45) is 4.75. The number of para-hydroxylation sites is 1. The van der Waals surface area contributed by atoms with Crippen molar-refractivity contribution in [1.82, 2.24) is 19.9 Å². The number of carboxylic acid groups (broad SMARTS) is 1. The molecule has 4 rings (SSSR count). The van der Waals surface area contributed by atoms with E-state index in [2.05, 4.69) is 22.1 Å². The van der Waals surface area contributed by atoms with E-state index in [1.807, 2.05) is 30.3 Å². The van der Waals surface area contributed by atoms with Crippen LogP contribution in [0.3, 0.4) is 0 Å². The van der Waals surface area contributed by atoms with Gasteiger partial charge in [0.2, 0.25) is 11.4 Å². The summed E-state index contributed by atoms with van der Waals surface area (Å²) in [6, 6.07) is 9.58. The fourth-order valence-electron chi connectivity index (χ4n) is 3.77. The van der Waals surface area contributed by atoms with Crippen molar-refractivity contribution in [3.05, 3.63) is 58.5 Å². The van der Waals surface area contributed by atoms with E-state index in [9.17, 15) is 14.7 Å². The van der Waals surface area contributed by atoms with Gasteiger partial charge in [-0.2, -0.15) is 4.98 Å². The molecule has 1 aliphatic rings. The maximum Gasteiger partial charge on any atom is 0.341 e. The maximum atomic E-state index is 12.7. The first-order valence-corrected chi connectivity index (χ1v) is 9.78. The molecule has 0 aliphatic carbocycles. The van der Waals surface area contributed by atoms with Gasteiger partial charge in [0.1, 0.15) is 5.56 Å². The monoisotopic (exact) mass is 393 g/mol. The molecule has 8 heteroatoms. The van der Waals surface area contributed by atoms with Gasteiger partial charge in [-0.25, -0.2) is 9.78 Å². The second-order valence-corrected chi connectivity index (χ2v) is 7.13. The zero-order valence-corrected chi connectivity index (χ0v) is 16.2. The van der Waals surface area contributed by atoms with Crippen molar-refractivity contribution in [2.45, 2.75) is 25.8 Å². The van der Waals surface area contributed by atoms with E-state index in [1.54, 1.807) is 4.57 Å². The minimum Gasteiger partial charge on any atom is -0.477 e. The number of hydrogen-bond donors (Lipinski definition) is 2. The number of nitrogens with one attached hydrogen (secondary N) is 1. The zero-order valence-electron chi connectivity index (χ0n) is 16.2. The van der Waals surface area contributed by atoms with Crippen molar-refractivity contribution in [2.24, 2.45) is 0 Å². The van der Waals surface area contributed by atoms with Crippen LogP contribution in [0.15, 0.2) is 47.5 Å². The molecular formula is C21H23N5O3.